The highest BCUT2D eigenvalue weighted by atomic mass is 35.5. The highest BCUT2D eigenvalue weighted by Gasteiger charge is 2.32. The molecule has 1 saturated heterocycles. The molecule has 1 fully saturated rings. The second kappa shape index (κ2) is 8.21. The molecule has 2 rings (SSSR count). The summed E-state index contributed by atoms with van der Waals surface area (Å²) < 4.78 is 30.4. The molecule has 1 atom stereocenters. The van der Waals surface area contributed by atoms with Crippen LogP contribution in [0.2, 0.25) is 5.02 Å². The molecule has 148 valence electrons. The zero-order valence-electron chi connectivity index (χ0n) is 14.8. The summed E-state index contributed by atoms with van der Waals surface area (Å²) in [6.07, 6.45) is -1.24. The Kier molecular flexibility index (Phi) is 6.42. The fraction of sp³-hybridized carbons (Fsp3) is 0.400. The summed E-state index contributed by atoms with van der Waals surface area (Å²) in [4.78, 5) is 41.2. The first-order valence-electron chi connectivity index (χ1n) is 7.72. The highest BCUT2D eigenvalue weighted by molar-refractivity contribution is 7.89. The van der Waals surface area contributed by atoms with Crippen molar-refractivity contribution in [2.75, 3.05) is 27.2 Å². The standard InChI is InChI=1S/C15H18ClN3O7S/c1-9(13(20)19-7-6-17-15(19)22)26-14(21)10-4-5-11(16)12(8-10)27(23,24)18(2)25-3/h4-5,8-9H,6-7H2,1-3H3,(H,17,22). The Morgan fingerprint density at radius 3 is 2.59 bits per heavy atom. The third kappa shape index (κ3) is 4.38. The first-order valence-corrected chi connectivity index (χ1v) is 9.54. The van der Waals surface area contributed by atoms with Gasteiger partial charge in [-0.3, -0.25) is 14.5 Å². The Bertz CT molecular complexity index is 874. The van der Waals surface area contributed by atoms with Gasteiger partial charge in [0.25, 0.3) is 15.9 Å². The molecule has 0 saturated carbocycles. The molecule has 0 spiro atoms. The normalized spacial score (nSPS) is 15.6. The first kappa shape index (κ1) is 21.1. The van der Waals surface area contributed by atoms with Crippen molar-refractivity contribution in [2.24, 2.45) is 0 Å². The molecule has 1 aliphatic heterocycles. The number of halogens is 1. The van der Waals surface area contributed by atoms with Crippen LogP contribution in [0.25, 0.3) is 0 Å². The third-order valence-electron chi connectivity index (χ3n) is 3.79. The Morgan fingerprint density at radius 2 is 2.04 bits per heavy atom. The number of hydroxylamine groups is 1. The van der Waals surface area contributed by atoms with E-state index in [2.05, 4.69) is 10.2 Å². The molecule has 1 unspecified atom stereocenters. The van der Waals surface area contributed by atoms with Gasteiger partial charge in [-0.05, 0) is 25.1 Å². The van der Waals surface area contributed by atoms with E-state index in [9.17, 15) is 22.8 Å². The molecule has 1 heterocycles. The van der Waals surface area contributed by atoms with Crippen LogP contribution >= 0.6 is 11.6 Å². The molecule has 0 radical (unpaired) electrons. The number of urea groups is 1. The van der Waals surface area contributed by atoms with Gasteiger partial charge >= 0.3 is 12.0 Å². The number of esters is 1. The Hall–Kier alpha value is -2.21. The van der Waals surface area contributed by atoms with Crippen molar-refractivity contribution in [1.29, 1.82) is 0 Å². The van der Waals surface area contributed by atoms with E-state index >= 15 is 0 Å². The van der Waals surface area contributed by atoms with Crippen LogP contribution in [0.1, 0.15) is 17.3 Å². The number of sulfonamides is 1. The maximum absolute atomic E-state index is 12.4. The number of imide groups is 1. The summed E-state index contributed by atoms with van der Waals surface area (Å²) in [5.74, 6) is -1.62. The van der Waals surface area contributed by atoms with E-state index in [4.69, 9.17) is 16.3 Å². The van der Waals surface area contributed by atoms with Crippen LogP contribution in [0, 0.1) is 0 Å². The summed E-state index contributed by atoms with van der Waals surface area (Å²) in [5.41, 5.74) is -0.131. The van der Waals surface area contributed by atoms with Gasteiger partial charge in [-0.15, -0.1) is 0 Å². The molecular formula is C15H18ClN3O7S. The molecule has 1 aliphatic rings. The lowest BCUT2D eigenvalue weighted by atomic mass is 10.2. The van der Waals surface area contributed by atoms with Crippen LogP contribution in [-0.4, -0.2) is 69.0 Å². The van der Waals surface area contributed by atoms with Gasteiger partial charge in [0.2, 0.25) is 0 Å². The predicted molar refractivity (Wildman–Crippen MR) is 93.4 cm³/mol. The Balaban J connectivity index is 2.21. The summed E-state index contributed by atoms with van der Waals surface area (Å²) in [6.45, 7) is 1.81. The number of nitrogens with zero attached hydrogens (tertiary/aromatic N) is 2. The largest absolute Gasteiger partial charge is 0.449 e. The number of nitrogens with one attached hydrogen (secondary N) is 1. The summed E-state index contributed by atoms with van der Waals surface area (Å²) in [6, 6.07) is 2.94. The second-order valence-corrected chi connectivity index (χ2v) is 7.82. The SMILES string of the molecule is CON(C)S(=O)(=O)c1cc(C(=O)OC(C)C(=O)N2CCNC2=O)ccc1Cl. The van der Waals surface area contributed by atoms with Crippen LogP contribution in [0.3, 0.4) is 0 Å². The van der Waals surface area contributed by atoms with E-state index < -0.39 is 34.0 Å². The van der Waals surface area contributed by atoms with Crippen molar-refractivity contribution >= 4 is 39.5 Å². The van der Waals surface area contributed by atoms with E-state index in [0.29, 0.717) is 11.0 Å². The molecule has 3 amide bonds. The minimum atomic E-state index is -4.10. The van der Waals surface area contributed by atoms with Crippen molar-refractivity contribution in [2.45, 2.75) is 17.9 Å². The van der Waals surface area contributed by atoms with Crippen LogP contribution in [0.5, 0.6) is 0 Å². The van der Waals surface area contributed by atoms with Crippen LogP contribution in [0.4, 0.5) is 4.79 Å². The number of amides is 3. The predicted octanol–water partition coefficient (Wildman–Crippen LogP) is 0.619. The fourth-order valence-electron chi connectivity index (χ4n) is 2.24. The lowest BCUT2D eigenvalue weighted by Crippen LogP contribution is -2.41. The number of hydrogen-bond acceptors (Lipinski definition) is 7. The zero-order chi connectivity index (χ0) is 20.4. The molecule has 1 aromatic rings. The zero-order valence-corrected chi connectivity index (χ0v) is 16.3. The van der Waals surface area contributed by atoms with Gasteiger partial charge in [-0.2, -0.15) is 0 Å². The molecule has 27 heavy (non-hydrogen) atoms. The van der Waals surface area contributed by atoms with Gasteiger partial charge in [0.1, 0.15) is 4.90 Å². The highest BCUT2D eigenvalue weighted by Crippen LogP contribution is 2.26. The van der Waals surface area contributed by atoms with Gasteiger partial charge in [0, 0.05) is 20.1 Å². The molecule has 12 heteroatoms. The summed E-state index contributed by atoms with van der Waals surface area (Å²) in [5, 5.41) is 2.35. The van der Waals surface area contributed by atoms with Crippen molar-refractivity contribution in [3.8, 4) is 0 Å². The van der Waals surface area contributed by atoms with Gasteiger partial charge in [-0.25, -0.2) is 18.0 Å². The van der Waals surface area contributed by atoms with Crippen LogP contribution in [-0.2, 0) is 24.4 Å². The number of carbonyl (C=O) groups is 3. The molecular weight excluding hydrogens is 402 g/mol. The number of benzene rings is 1. The molecule has 0 bridgehead atoms. The molecule has 1 aromatic carbocycles. The molecule has 10 nitrogen and oxygen atoms in total. The van der Waals surface area contributed by atoms with Crippen molar-refractivity contribution in [3.63, 3.8) is 0 Å². The summed E-state index contributed by atoms with van der Waals surface area (Å²) in [7, 11) is -1.77. The average molecular weight is 420 g/mol. The summed E-state index contributed by atoms with van der Waals surface area (Å²) >= 11 is 5.93. The van der Waals surface area contributed by atoms with E-state index in [0.717, 1.165) is 18.1 Å². The number of hydrogen-bond donors (Lipinski definition) is 1. The van der Waals surface area contributed by atoms with E-state index in [1.807, 2.05) is 0 Å². The Morgan fingerprint density at radius 1 is 1.37 bits per heavy atom. The third-order valence-corrected chi connectivity index (χ3v) is 5.96. The van der Waals surface area contributed by atoms with Gasteiger partial charge in [-0.1, -0.05) is 16.1 Å². The maximum Gasteiger partial charge on any atom is 0.338 e. The second-order valence-electron chi connectivity index (χ2n) is 5.51. The average Bonchev–Trinajstić information content (AvgIpc) is 3.06. The number of ether oxygens (including phenoxy) is 1. The lowest BCUT2D eigenvalue weighted by Gasteiger charge is -2.19. The maximum atomic E-state index is 12.4. The smallest absolute Gasteiger partial charge is 0.338 e. The van der Waals surface area contributed by atoms with Gasteiger partial charge in [0.05, 0.1) is 17.7 Å². The molecule has 0 aliphatic carbocycles. The van der Waals surface area contributed by atoms with Crippen molar-refractivity contribution in [3.05, 3.63) is 28.8 Å². The van der Waals surface area contributed by atoms with Crippen LogP contribution < -0.4 is 5.32 Å². The quantitative estimate of drug-likeness (QED) is 0.529. The molecule has 0 aromatic heterocycles. The number of rotatable bonds is 6. The van der Waals surface area contributed by atoms with Gasteiger partial charge < -0.3 is 10.1 Å². The van der Waals surface area contributed by atoms with Crippen molar-refractivity contribution in [1.82, 2.24) is 14.7 Å². The monoisotopic (exact) mass is 419 g/mol. The van der Waals surface area contributed by atoms with E-state index in [1.54, 1.807) is 0 Å². The Labute approximate surface area is 161 Å². The minimum absolute atomic E-state index is 0.117. The van der Waals surface area contributed by atoms with E-state index in [-0.39, 0.29) is 22.0 Å². The lowest BCUT2D eigenvalue weighted by molar-refractivity contribution is -0.136. The number of carbonyl (C=O) groups excluding carboxylic acids is 3. The first-order chi connectivity index (χ1) is 12.6. The van der Waals surface area contributed by atoms with Gasteiger partial charge in [0.15, 0.2) is 6.10 Å². The van der Waals surface area contributed by atoms with Crippen molar-refractivity contribution < 1.29 is 32.4 Å². The minimum Gasteiger partial charge on any atom is -0.449 e. The van der Waals surface area contributed by atoms with E-state index in [1.165, 1.54) is 26.1 Å². The van der Waals surface area contributed by atoms with Crippen LogP contribution in [0.15, 0.2) is 23.1 Å². The fourth-order valence-corrected chi connectivity index (χ4v) is 3.72. The topological polar surface area (TPSA) is 122 Å². The molecule has 1 N–H and O–H groups in total.